The molecule has 1 amide bonds. The maximum Gasteiger partial charge on any atom is 0.232 e. The number of nitrogens with one attached hydrogen (secondary N) is 1. The average Bonchev–Trinajstić information content (AvgIpc) is 2.98. The van der Waals surface area contributed by atoms with Crippen molar-refractivity contribution in [2.45, 2.75) is 17.4 Å². The van der Waals surface area contributed by atoms with E-state index in [1.807, 2.05) is 36.2 Å². The van der Waals surface area contributed by atoms with Gasteiger partial charge in [-0.15, -0.1) is 24.2 Å². The maximum atomic E-state index is 12.1. The lowest BCUT2D eigenvalue weighted by molar-refractivity contribution is -0.128. The second-order valence-corrected chi connectivity index (χ2v) is 5.67. The number of rotatable bonds is 5. The quantitative estimate of drug-likeness (QED) is 0.844. The maximum absolute atomic E-state index is 12.1. The van der Waals surface area contributed by atoms with Gasteiger partial charge in [-0.05, 0) is 31.2 Å². The molecule has 1 saturated heterocycles. The normalized spacial score (nSPS) is 17.4. The van der Waals surface area contributed by atoms with Crippen LogP contribution in [0, 0.1) is 0 Å². The van der Waals surface area contributed by atoms with Crippen LogP contribution in [-0.2, 0) is 4.79 Å². The van der Waals surface area contributed by atoms with Crippen molar-refractivity contribution in [2.24, 2.45) is 0 Å². The molecule has 0 spiro atoms. The molecule has 20 heavy (non-hydrogen) atoms. The first-order valence-corrected chi connectivity index (χ1v) is 7.42. The number of nitrogens with zero attached hydrogens (tertiary/aromatic N) is 1. The Balaban J connectivity index is 0.00000200. The fraction of sp³-hybridized carbons (Fsp3) is 0.500. The molecule has 112 valence electrons. The fourth-order valence-corrected chi connectivity index (χ4v) is 2.98. The Hall–Kier alpha value is -0.910. The zero-order valence-electron chi connectivity index (χ0n) is 11.8. The van der Waals surface area contributed by atoms with Crippen LogP contribution in [0.3, 0.4) is 0 Å². The van der Waals surface area contributed by atoms with Gasteiger partial charge >= 0.3 is 0 Å². The predicted octanol–water partition coefficient (Wildman–Crippen LogP) is 2.03. The second-order valence-electron chi connectivity index (χ2n) is 4.62. The summed E-state index contributed by atoms with van der Waals surface area (Å²) >= 11 is 1.55. The van der Waals surface area contributed by atoms with Crippen molar-refractivity contribution in [2.75, 3.05) is 33.0 Å². The third-order valence-corrected chi connectivity index (χ3v) is 4.36. The van der Waals surface area contributed by atoms with Gasteiger partial charge in [-0.25, -0.2) is 0 Å². The van der Waals surface area contributed by atoms with Crippen LogP contribution in [0.4, 0.5) is 0 Å². The van der Waals surface area contributed by atoms with Gasteiger partial charge in [-0.2, -0.15) is 0 Å². The molecule has 1 aromatic carbocycles. The van der Waals surface area contributed by atoms with Crippen molar-refractivity contribution in [3.05, 3.63) is 24.3 Å². The zero-order valence-corrected chi connectivity index (χ0v) is 13.4. The predicted molar refractivity (Wildman–Crippen MR) is 85.0 cm³/mol. The molecule has 1 heterocycles. The third kappa shape index (κ3) is 4.58. The third-order valence-electron chi connectivity index (χ3n) is 3.38. The number of thioether (sulfide) groups is 1. The van der Waals surface area contributed by atoms with E-state index < -0.39 is 0 Å². The van der Waals surface area contributed by atoms with Crippen LogP contribution in [0.5, 0.6) is 5.75 Å². The molecule has 0 aromatic heterocycles. The van der Waals surface area contributed by atoms with Gasteiger partial charge in [0, 0.05) is 24.5 Å². The number of benzene rings is 1. The molecule has 1 aliphatic heterocycles. The van der Waals surface area contributed by atoms with Gasteiger partial charge in [-0.1, -0.05) is 6.07 Å². The number of likely N-dealkylation sites (N-methyl/N-ethyl adjacent to an activating group) is 1. The molecule has 1 atom stereocenters. The van der Waals surface area contributed by atoms with Gasteiger partial charge in [0.1, 0.15) is 5.75 Å². The number of hydrogen-bond acceptors (Lipinski definition) is 4. The van der Waals surface area contributed by atoms with Crippen molar-refractivity contribution < 1.29 is 9.53 Å². The van der Waals surface area contributed by atoms with Crippen molar-refractivity contribution in [1.29, 1.82) is 0 Å². The molecule has 1 aliphatic rings. The molecule has 1 aromatic rings. The van der Waals surface area contributed by atoms with Crippen LogP contribution in [-0.4, -0.2) is 49.8 Å². The molecule has 0 radical (unpaired) electrons. The van der Waals surface area contributed by atoms with Gasteiger partial charge in [0.15, 0.2) is 0 Å². The molecular formula is C14H21ClN2O2S. The summed E-state index contributed by atoms with van der Waals surface area (Å²) in [6, 6.07) is 8.14. The SMILES string of the molecule is COc1cccc(SCC(=O)N(C)C2CCNC2)c1.Cl. The van der Waals surface area contributed by atoms with Gasteiger partial charge in [0.25, 0.3) is 0 Å². The molecular weight excluding hydrogens is 296 g/mol. The molecule has 0 saturated carbocycles. The van der Waals surface area contributed by atoms with Crippen molar-refractivity contribution in [3.63, 3.8) is 0 Å². The molecule has 1 N–H and O–H groups in total. The number of amides is 1. The summed E-state index contributed by atoms with van der Waals surface area (Å²) in [5.74, 6) is 1.48. The van der Waals surface area contributed by atoms with Crippen LogP contribution < -0.4 is 10.1 Å². The molecule has 1 unspecified atom stereocenters. The first-order valence-electron chi connectivity index (χ1n) is 6.44. The smallest absolute Gasteiger partial charge is 0.232 e. The summed E-state index contributed by atoms with van der Waals surface area (Å²) in [6.07, 6.45) is 1.05. The van der Waals surface area contributed by atoms with Gasteiger partial charge in [0.05, 0.1) is 12.9 Å². The van der Waals surface area contributed by atoms with Crippen molar-refractivity contribution >= 4 is 30.1 Å². The van der Waals surface area contributed by atoms with Crippen molar-refractivity contribution in [1.82, 2.24) is 10.2 Å². The van der Waals surface area contributed by atoms with E-state index in [1.165, 1.54) is 0 Å². The van der Waals surface area contributed by atoms with Crippen LogP contribution in [0.1, 0.15) is 6.42 Å². The minimum Gasteiger partial charge on any atom is -0.497 e. The van der Waals surface area contributed by atoms with E-state index in [0.717, 1.165) is 30.2 Å². The van der Waals surface area contributed by atoms with Gasteiger partial charge in [0.2, 0.25) is 5.91 Å². The Morgan fingerprint density at radius 2 is 2.35 bits per heavy atom. The molecule has 0 aliphatic carbocycles. The Kier molecular flexibility index (Phi) is 7.19. The lowest BCUT2D eigenvalue weighted by Crippen LogP contribution is -2.39. The number of carbonyl (C=O) groups is 1. The molecule has 4 nitrogen and oxygen atoms in total. The first kappa shape index (κ1) is 17.1. The standard InChI is InChI=1S/C14H20N2O2S.ClH/c1-16(11-6-7-15-9-11)14(17)10-19-13-5-3-4-12(8-13)18-2;/h3-5,8,11,15H,6-7,9-10H2,1-2H3;1H. The topological polar surface area (TPSA) is 41.6 Å². The Morgan fingerprint density at radius 3 is 3.00 bits per heavy atom. The number of ether oxygens (including phenoxy) is 1. The highest BCUT2D eigenvalue weighted by Crippen LogP contribution is 2.23. The summed E-state index contributed by atoms with van der Waals surface area (Å²) in [5, 5.41) is 3.28. The van der Waals surface area contributed by atoms with Crippen LogP contribution >= 0.6 is 24.2 Å². The minimum absolute atomic E-state index is 0. The lowest BCUT2D eigenvalue weighted by Gasteiger charge is -2.23. The van der Waals surface area contributed by atoms with E-state index in [2.05, 4.69) is 5.32 Å². The highest BCUT2D eigenvalue weighted by molar-refractivity contribution is 8.00. The lowest BCUT2D eigenvalue weighted by atomic mass is 10.2. The van der Waals surface area contributed by atoms with E-state index in [0.29, 0.717) is 11.8 Å². The van der Waals surface area contributed by atoms with E-state index >= 15 is 0 Å². The average molecular weight is 317 g/mol. The monoisotopic (exact) mass is 316 g/mol. The Morgan fingerprint density at radius 1 is 1.55 bits per heavy atom. The fourth-order valence-electron chi connectivity index (χ4n) is 2.11. The summed E-state index contributed by atoms with van der Waals surface area (Å²) in [6.45, 7) is 1.91. The summed E-state index contributed by atoms with van der Waals surface area (Å²) in [7, 11) is 3.54. The number of hydrogen-bond donors (Lipinski definition) is 1. The minimum atomic E-state index is 0. The second kappa shape index (κ2) is 8.39. The summed E-state index contributed by atoms with van der Waals surface area (Å²) in [4.78, 5) is 15.0. The van der Waals surface area contributed by atoms with Crippen LogP contribution in [0.25, 0.3) is 0 Å². The largest absolute Gasteiger partial charge is 0.497 e. The molecule has 0 bridgehead atoms. The number of methoxy groups -OCH3 is 1. The summed E-state index contributed by atoms with van der Waals surface area (Å²) in [5.41, 5.74) is 0. The van der Waals surface area contributed by atoms with Gasteiger partial charge in [-0.3, -0.25) is 4.79 Å². The summed E-state index contributed by atoms with van der Waals surface area (Å²) < 4.78 is 5.17. The zero-order chi connectivity index (χ0) is 13.7. The molecule has 6 heteroatoms. The Bertz CT molecular complexity index is 439. The Labute approximate surface area is 130 Å². The van der Waals surface area contributed by atoms with Gasteiger partial charge < -0.3 is 15.0 Å². The van der Waals surface area contributed by atoms with E-state index in [4.69, 9.17) is 4.74 Å². The molecule has 2 rings (SSSR count). The molecule has 1 fully saturated rings. The van der Waals surface area contributed by atoms with Crippen LogP contribution in [0.2, 0.25) is 0 Å². The highest BCUT2D eigenvalue weighted by atomic mass is 35.5. The number of carbonyl (C=O) groups excluding carboxylic acids is 1. The van der Waals surface area contributed by atoms with E-state index in [9.17, 15) is 4.79 Å². The number of halogens is 1. The highest BCUT2D eigenvalue weighted by Gasteiger charge is 2.22. The van der Waals surface area contributed by atoms with Crippen LogP contribution in [0.15, 0.2) is 29.2 Å². The van der Waals surface area contributed by atoms with Crippen molar-refractivity contribution in [3.8, 4) is 5.75 Å². The van der Waals surface area contributed by atoms with E-state index in [-0.39, 0.29) is 18.3 Å². The van der Waals surface area contributed by atoms with E-state index in [1.54, 1.807) is 18.9 Å². The first-order chi connectivity index (χ1) is 9.20.